The van der Waals surface area contributed by atoms with E-state index >= 15 is 0 Å². The average Bonchev–Trinajstić information content (AvgIpc) is 2.25. The molecule has 0 bridgehead atoms. The maximum atomic E-state index is 13.5. The molecule has 0 heterocycles. The highest BCUT2D eigenvalue weighted by Crippen LogP contribution is 2.17. The summed E-state index contributed by atoms with van der Waals surface area (Å²) in [6, 6.07) is 6.11. The van der Waals surface area contributed by atoms with Gasteiger partial charge in [-0.3, -0.25) is 9.69 Å². The number of halogens is 1. The second kappa shape index (κ2) is 6.81. The summed E-state index contributed by atoms with van der Waals surface area (Å²) in [4.78, 5) is 13.4. The topological polar surface area (TPSA) is 52.6 Å². The molecular formula is C15H23FN2O2. The third-order valence-corrected chi connectivity index (χ3v) is 2.68. The number of carbonyl (C=O) groups excluding carboxylic acids is 1. The maximum absolute atomic E-state index is 13.5. The molecule has 0 saturated heterocycles. The summed E-state index contributed by atoms with van der Waals surface area (Å²) >= 11 is 0. The van der Waals surface area contributed by atoms with Crippen LogP contribution in [0.2, 0.25) is 0 Å². The molecule has 1 unspecified atom stereocenters. The van der Waals surface area contributed by atoms with Gasteiger partial charge in [-0.15, -0.1) is 0 Å². The highest BCUT2D eigenvalue weighted by atomic mass is 19.1. The fourth-order valence-corrected chi connectivity index (χ4v) is 1.91. The van der Waals surface area contributed by atoms with Crippen molar-refractivity contribution in [3.05, 3.63) is 35.6 Å². The minimum atomic E-state index is -0.955. The maximum Gasteiger partial charge on any atom is 0.234 e. The second-order valence-corrected chi connectivity index (χ2v) is 6.03. The van der Waals surface area contributed by atoms with Crippen molar-refractivity contribution in [3.8, 4) is 0 Å². The largest absolute Gasteiger partial charge is 0.387 e. The van der Waals surface area contributed by atoms with E-state index in [4.69, 9.17) is 0 Å². The molecule has 1 rings (SSSR count). The first kappa shape index (κ1) is 16.6. The fourth-order valence-electron chi connectivity index (χ4n) is 1.91. The van der Waals surface area contributed by atoms with Crippen LogP contribution in [0.25, 0.3) is 0 Å². The van der Waals surface area contributed by atoms with Crippen LogP contribution in [0.15, 0.2) is 24.3 Å². The number of benzene rings is 1. The van der Waals surface area contributed by atoms with Crippen molar-refractivity contribution < 1.29 is 14.3 Å². The van der Waals surface area contributed by atoms with Gasteiger partial charge in [0, 0.05) is 17.6 Å². The van der Waals surface area contributed by atoms with Crippen LogP contribution in [0.5, 0.6) is 0 Å². The highest BCUT2D eigenvalue weighted by Gasteiger charge is 2.18. The summed E-state index contributed by atoms with van der Waals surface area (Å²) in [6.45, 7) is 6.05. The van der Waals surface area contributed by atoms with Gasteiger partial charge in [0.25, 0.3) is 0 Å². The molecule has 0 aliphatic rings. The van der Waals surface area contributed by atoms with E-state index in [2.05, 4.69) is 5.32 Å². The van der Waals surface area contributed by atoms with Gasteiger partial charge in [0.2, 0.25) is 5.91 Å². The monoisotopic (exact) mass is 282 g/mol. The number of hydrogen-bond acceptors (Lipinski definition) is 3. The van der Waals surface area contributed by atoms with E-state index in [1.54, 1.807) is 30.1 Å². The quantitative estimate of drug-likeness (QED) is 0.864. The number of aliphatic hydroxyl groups excluding tert-OH is 1. The lowest BCUT2D eigenvalue weighted by atomic mass is 10.1. The zero-order valence-electron chi connectivity index (χ0n) is 12.5. The van der Waals surface area contributed by atoms with E-state index in [-0.39, 0.29) is 30.1 Å². The minimum Gasteiger partial charge on any atom is -0.387 e. The van der Waals surface area contributed by atoms with Crippen LogP contribution in [0, 0.1) is 5.82 Å². The predicted molar refractivity (Wildman–Crippen MR) is 76.8 cm³/mol. The number of aliphatic hydroxyl groups is 1. The Morgan fingerprint density at radius 1 is 1.40 bits per heavy atom. The normalized spacial score (nSPS) is 13.3. The third-order valence-electron chi connectivity index (χ3n) is 2.68. The number of carbonyl (C=O) groups is 1. The highest BCUT2D eigenvalue weighted by molar-refractivity contribution is 5.78. The van der Waals surface area contributed by atoms with Crippen LogP contribution in [0.1, 0.15) is 32.4 Å². The SMILES string of the molecule is CN(CC(=O)NC(C)(C)C)CC(O)c1ccccc1F. The van der Waals surface area contributed by atoms with E-state index in [0.29, 0.717) is 0 Å². The lowest BCUT2D eigenvalue weighted by Gasteiger charge is -2.24. The van der Waals surface area contributed by atoms with Crippen molar-refractivity contribution in [2.24, 2.45) is 0 Å². The standard InChI is InChI=1S/C15H23FN2O2/c1-15(2,3)17-14(20)10-18(4)9-13(19)11-7-5-6-8-12(11)16/h5-8,13,19H,9-10H2,1-4H3,(H,17,20). The van der Waals surface area contributed by atoms with Crippen LogP contribution in [-0.2, 0) is 4.79 Å². The Morgan fingerprint density at radius 2 is 2.00 bits per heavy atom. The number of rotatable bonds is 5. The molecule has 1 amide bonds. The molecule has 20 heavy (non-hydrogen) atoms. The predicted octanol–water partition coefficient (Wildman–Crippen LogP) is 1.71. The number of nitrogens with zero attached hydrogens (tertiary/aromatic N) is 1. The Balaban J connectivity index is 2.52. The smallest absolute Gasteiger partial charge is 0.234 e. The van der Waals surface area contributed by atoms with E-state index < -0.39 is 11.9 Å². The van der Waals surface area contributed by atoms with E-state index in [1.165, 1.54) is 6.07 Å². The summed E-state index contributed by atoms with van der Waals surface area (Å²) in [5, 5.41) is 12.8. The molecular weight excluding hydrogens is 259 g/mol. The summed E-state index contributed by atoms with van der Waals surface area (Å²) in [5.74, 6) is -0.562. The number of amides is 1. The van der Waals surface area contributed by atoms with Gasteiger partial charge in [-0.2, -0.15) is 0 Å². The molecule has 0 spiro atoms. The molecule has 2 N–H and O–H groups in total. The summed E-state index contributed by atoms with van der Waals surface area (Å²) in [7, 11) is 1.71. The van der Waals surface area contributed by atoms with Crippen LogP contribution in [-0.4, -0.2) is 41.6 Å². The minimum absolute atomic E-state index is 0.124. The van der Waals surface area contributed by atoms with Crippen LogP contribution in [0.4, 0.5) is 4.39 Å². The molecule has 0 aliphatic heterocycles. The first-order chi connectivity index (χ1) is 9.19. The zero-order chi connectivity index (χ0) is 15.3. The van der Waals surface area contributed by atoms with Gasteiger partial charge in [0.1, 0.15) is 5.82 Å². The van der Waals surface area contributed by atoms with Gasteiger partial charge < -0.3 is 10.4 Å². The summed E-state index contributed by atoms with van der Waals surface area (Å²) < 4.78 is 13.5. The van der Waals surface area contributed by atoms with Crippen molar-refractivity contribution in [2.75, 3.05) is 20.1 Å². The zero-order valence-corrected chi connectivity index (χ0v) is 12.5. The molecule has 0 aromatic heterocycles. The van der Waals surface area contributed by atoms with Crippen molar-refractivity contribution in [2.45, 2.75) is 32.4 Å². The van der Waals surface area contributed by atoms with Crippen LogP contribution >= 0.6 is 0 Å². The van der Waals surface area contributed by atoms with Gasteiger partial charge in [-0.05, 0) is 33.9 Å². The van der Waals surface area contributed by atoms with E-state index in [1.807, 2.05) is 20.8 Å². The van der Waals surface area contributed by atoms with E-state index in [9.17, 15) is 14.3 Å². The lowest BCUT2D eigenvalue weighted by molar-refractivity contribution is -0.123. The van der Waals surface area contributed by atoms with Crippen molar-refractivity contribution in [1.82, 2.24) is 10.2 Å². The van der Waals surface area contributed by atoms with Gasteiger partial charge in [0.05, 0.1) is 12.6 Å². The molecule has 1 aromatic rings. The first-order valence-electron chi connectivity index (χ1n) is 6.61. The molecule has 4 nitrogen and oxygen atoms in total. The summed E-state index contributed by atoms with van der Waals surface area (Å²) in [6.07, 6.45) is -0.955. The first-order valence-corrected chi connectivity index (χ1v) is 6.61. The van der Waals surface area contributed by atoms with Crippen molar-refractivity contribution in [3.63, 3.8) is 0 Å². The van der Waals surface area contributed by atoms with E-state index in [0.717, 1.165) is 0 Å². The number of likely N-dealkylation sites (N-methyl/N-ethyl adjacent to an activating group) is 1. The molecule has 1 aromatic carbocycles. The second-order valence-electron chi connectivity index (χ2n) is 6.03. The Hall–Kier alpha value is -1.46. The number of hydrogen-bond donors (Lipinski definition) is 2. The molecule has 0 saturated carbocycles. The van der Waals surface area contributed by atoms with Gasteiger partial charge >= 0.3 is 0 Å². The molecule has 112 valence electrons. The lowest BCUT2D eigenvalue weighted by Crippen LogP contribution is -2.45. The van der Waals surface area contributed by atoms with Crippen molar-refractivity contribution >= 4 is 5.91 Å². The Morgan fingerprint density at radius 3 is 2.55 bits per heavy atom. The van der Waals surface area contributed by atoms with Crippen LogP contribution < -0.4 is 5.32 Å². The summed E-state index contributed by atoms with van der Waals surface area (Å²) in [5.41, 5.74) is -0.0437. The Kier molecular flexibility index (Phi) is 5.65. The molecule has 0 fully saturated rings. The van der Waals surface area contributed by atoms with Crippen molar-refractivity contribution in [1.29, 1.82) is 0 Å². The number of nitrogens with one attached hydrogen (secondary N) is 1. The molecule has 0 radical (unpaired) electrons. The van der Waals surface area contributed by atoms with Gasteiger partial charge in [0.15, 0.2) is 0 Å². The van der Waals surface area contributed by atoms with Gasteiger partial charge in [-0.25, -0.2) is 4.39 Å². The Labute approximate surface area is 119 Å². The molecule has 0 aliphatic carbocycles. The van der Waals surface area contributed by atoms with Crippen LogP contribution in [0.3, 0.4) is 0 Å². The Bertz CT molecular complexity index is 457. The fraction of sp³-hybridized carbons (Fsp3) is 0.533. The average molecular weight is 282 g/mol. The van der Waals surface area contributed by atoms with Gasteiger partial charge in [-0.1, -0.05) is 18.2 Å². The third kappa shape index (κ3) is 5.67. The molecule has 1 atom stereocenters. The molecule has 5 heteroatoms.